The van der Waals surface area contributed by atoms with Crippen molar-refractivity contribution in [3.05, 3.63) is 94.7 Å². The van der Waals surface area contributed by atoms with E-state index < -0.39 is 15.6 Å². The lowest BCUT2D eigenvalue weighted by atomic mass is 10.0. The van der Waals surface area contributed by atoms with Gasteiger partial charge in [0.05, 0.1) is 27.5 Å². The van der Waals surface area contributed by atoms with Crippen molar-refractivity contribution < 1.29 is 17.9 Å². The van der Waals surface area contributed by atoms with Gasteiger partial charge >= 0.3 is 0 Å². The van der Waals surface area contributed by atoms with Gasteiger partial charge in [-0.2, -0.15) is 0 Å². The molecule has 0 unspecified atom stereocenters. The van der Waals surface area contributed by atoms with Crippen LogP contribution < -0.4 is 4.74 Å². The third kappa shape index (κ3) is 4.26. The smallest absolute Gasteiger partial charge is 0.208 e. The summed E-state index contributed by atoms with van der Waals surface area (Å²) in [6, 6.07) is 17.1. The summed E-state index contributed by atoms with van der Waals surface area (Å²) in [5, 5.41) is 0.435. The Hall–Kier alpha value is -3.51. The zero-order valence-electron chi connectivity index (χ0n) is 19.0. The van der Waals surface area contributed by atoms with Crippen molar-refractivity contribution in [2.45, 2.75) is 37.5 Å². The summed E-state index contributed by atoms with van der Waals surface area (Å²) in [5.74, 6) is 0.237. The van der Waals surface area contributed by atoms with Crippen LogP contribution >= 0.6 is 0 Å². The second-order valence-corrected chi connectivity index (χ2v) is 9.94. The number of aromatic nitrogens is 1. The van der Waals surface area contributed by atoms with Gasteiger partial charge in [0.15, 0.2) is 5.78 Å². The van der Waals surface area contributed by atoms with Gasteiger partial charge in [0.2, 0.25) is 9.84 Å². The maximum Gasteiger partial charge on any atom is 0.208 e. The lowest BCUT2D eigenvalue weighted by Gasteiger charge is -2.14. The largest absolute Gasteiger partial charge is 0.494 e. The van der Waals surface area contributed by atoms with E-state index in [2.05, 4.69) is 4.98 Å². The van der Waals surface area contributed by atoms with Gasteiger partial charge in [-0.1, -0.05) is 17.7 Å². The van der Waals surface area contributed by atoms with Crippen LogP contribution in [0.5, 0.6) is 5.75 Å². The number of nitrogens with zero attached hydrogens (tertiary/aromatic N) is 1. The van der Waals surface area contributed by atoms with Gasteiger partial charge in [0.25, 0.3) is 0 Å². The van der Waals surface area contributed by atoms with Crippen LogP contribution in [0.2, 0.25) is 0 Å². The van der Waals surface area contributed by atoms with Crippen LogP contribution in [0.1, 0.15) is 39.5 Å². The number of ketones is 1. The normalized spacial score (nSPS) is 11.5. The summed E-state index contributed by atoms with van der Waals surface area (Å²) in [6.07, 6.45) is 1.37. The third-order valence-corrected chi connectivity index (χ3v) is 7.56. The minimum atomic E-state index is -4.01. The Morgan fingerprint density at radius 2 is 1.64 bits per heavy atom. The number of fused-ring (bicyclic) bond motifs is 1. The Labute approximate surface area is 194 Å². The molecule has 6 heteroatoms. The molecule has 0 spiro atoms. The molecule has 168 valence electrons. The van der Waals surface area contributed by atoms with E-state index in [1.807, 2.05) is 33.8 Å². The summed E-state index contributed by atoms with van der Waals surface area (Å²) in [7, 11) is -4.01. The van der Waals surface area contributed by atoms with Crippen LogP contribution in [0.25, 0.3) is 10.9 Å². The van der Waals surface area contributed by atoms with Gasteiger partial charge in [0.1, 0.15) is 5.75 Å². The fourth-order valence-corrected chi connectivity index (χ4v) is 5.46. The van der Waals surface area contributed by atoms with Crippen molar-refractivity contribution in [3.63, 3.8) is 0 Å². The molecule has 0 bridgehead atoms. The van der Waals surface area contributed by atoms with Crippen molar-refractivity contribution in [2.24, 2.45) is 0 Å². The highest BCUT2D eigenvalue weighted by Gasteiger charge is 2.29. The Balaban J connectivity index is 1.97. The van der Waals surface area contributed by atoms with E-state index in [-0.39, 0.29) is 15.4 Å². The molecule has 5 nitrogen and oxygen atoms in total. The second-order valence-electron chi connectivity index (χ2n) is 8.06. The van der Waals surface area contributed by atoms with Gasteiger partial charge in [-0.15, -0.1) is 0 Å². The number of hydrogen-bond acceptors (Lipinski definition) is 5. The van der Waals surface area contributed by atoms with Crippen LogP contribution in [0.4, 0.5) is 0 Å². The molecule has 0 aliphatic heterocycles. The standard InChI is InChI=1S/C27H25NO4S/c1-5-32-21-10-8-20(9-11-21)26(29)24-16-28-25-13-6-17(2)14-23(25)27(24)33(30,31)22-12-7-18(3)19(4)15-22/h6-16H,5H2,1-4H3. The van der Waals surface area contributed by atoms with E-state index in [0.717, 1.165) is 16.7 Å². The second kappa shape index (κ2) is 8.79. The molecule has 4 aromatic rings. The van der Waals surface area contributed by atoms with Crippen LogP contribution in [0, 0.1) is 20.8 Å². The lowest BCUT2D eigenvalue weighted by molar-refractivity contribution is 0.103. The third-order valence-electron chi connectivity index (χ3n) is 5.70. The number of pyridine rings is 1. The molecule has 1 aromatic heterocycles. The summed E-state index contributed by atoms with van der Waals surface area (Å²) in [6.45, 7) is 8.07. The van der Waals surface area contributed by atoms with E-state index in [9.17, 15) is 13.2 Å². The first-order chi connectivity index (χ1) is 15.7. The average molecular weight is 460 g/mol. The fraction of sp³-hybridized carbons (Fsp3) is 0.185. The minimum absolute atomic E-state index is 0.0154. The molecule has 33 heavy (non-hydrogen) atoms. The molecular formula is C27H25NO4S. The van der Waals surface area contributed by atoms with E-state index in [1.54, 1.807) is 54.6 Å². The Morgan fingerprint density at radius 3 is 2.30 bits per heavy atom. The van der Waals surface area contributed by atoms with Crippen LogP contribution in [0.3, 0.4) is 0 Å². The maximum absolute atomic E-state index is 13.9. The highest BCUT2D eigenvalue weighted by atomic mass is 32.2. The zero-order chi connectivity index (χ0) is 23.8. The molecule has 0 fully saturated rings. The Bertz CT molecular complexity index is 1470. The van der Waals surface area contributed by atoms with E-state index in [1.165, 1.54) is 6.20 Å². The Morgan fingerprint density at radius 1 is 0.909 bits per heavy atom. The molecule has 0 aliphatic carbocycles. The van der Waals surface area contributed by atoms with E-state index in [0.29, 0.717) is 28.8 Å². The van der Waals surface area contributed by atoms with Crippen LogP contribution in [0.15, 0.2) is 76.7 Å². The summed E-state index contributed by atoms with van der Waals surface area (Å²) in [5.41, 5.74) is 3.68. The highest BCUT2D eigenvalue weighted by Crippen LogP contribution is 2.33. The monoisotopic (exact) mass is 459 g/mol. The first-order valence-electron chi connectivity index (χ1n) is 10.7. The number of ether oxygens (including phenoxy) is 1. The highest BCUT2D eigenvalue weighted by molar-refractivity contribution is 7.91. The molecule has 0 saturated carbocycles. The number of sulfone groups is 1. The van der Waals surface area contributed by atoms with E-state index >= 15 is 0 Å². The number of aryl methyl sites for hydroxylation is 3. The quantitative estimate of drug-likeness (QED) is 0.350. The molecule has 4 rings (SSSR count). The average Bonchev–Trinajstić information content (AvgIpc) is 2.80. The van der Waals surface area contributed by atoms with Gasteiger partial charge < -0.3 is 4.74 Å². The molecule has 0 radical (unpaired) electrons. The lowest BCUT2D eigenvalue weighted by Crippen LogP contribution is -2.13. The van der Waals surface area contributed by atoms with Crippen molar-refractivity contribution in [1.82, 2.24) is 4.98 Å². The predicted molar refractivity (Wildman–Crippen MR) is 129 cm³/mol. The van der Waals surface area contributed by atoms with Crippen molar-refractivity contribution in [1.29, 1.82) is 0 Å². The van der Waals surface area contributed by atoms with Crippen LogP contribution in [-0.4, -0.2) is 25.8 Å². The number of carbonyl (C=O) groups is 1. The van der Waals surface area contributed by atoms with Gasteiger partial charge in [-0.05, 0) is 87.4 Å². The summed E-state index contributed by atoms with van der Waals surface area (Å²) in [4.78, 5) is 18.1. The number of benzene rings is 3. The first kappa shape index (κ1) is 22.7. The fourth-order valence-electron chi connectivity index (χ4n) is 3.76. The molecule has 1 heterocycles. The van der Waals surface area contributed by atoms with Gasteiger partial charge in [-0.3, -0.25) is 9.78 Å². The number of rotatable bonds is 6. The first-order valence-corrected chi connectivity index (χ1v) is 12.2. The molecule has 0 amide bonds. The summed E-state index contributed by atoms with van der Waals surface area (Å²) >= 11 is 0. The SMILES string of the molecule is CCOc1ccc(C(=O)c2cnc3ccc(C)cc3c2S(=O)(=O)c2ccc(C)c(C)c2)cc1. The number of hydrogen-bond donors (Lipinski definition) is 0. The predicted octanol–water partition coefficient (Wildman–Crippen LogP) is 5.62. The van der Waals surface area contributed by atoms with Crippen molar-refractivity contribution in [3.8, 4) is 5.75 Å². The van der Waals surface area contributed by atoms with E-state index in [4.69, 9.17) is 4.74 Å². The molecule has 0 atom stereocenters. The van der Waals surface area contributed by atoms with Crippen molar-refractivity contribution in [2.75, 3.05) is 6.61 Å². The zero-order valence-corrected chi connectivity index (χ0v) is 19.9. The Kier molecular flexibility index (Phi) is 6.04. The molecular weight excluding hydrogens is 434 g/mol. The topological polar surface area (TPSA) is 73.3 Å². The van der Waals surface area contributed by atoms with Gasteiger partial charge in [0, 0.05) is 17.1 Å². The molecule has 0 saturated heterocycles. The van der Waals surface area contributed by atoms with Crippen molar-refractivity contribution >= 4 is 26.5 Å². The summed E-state index contributed by atoms with van der Waals surface area (Å²) < 4.78 is 33.3. The minimum Gasteiger partial charge on any atom is -0.494 e. The van der Waals surface area contributed by atoms with Gasteiger partial charge in [-0.25, -0.2) is 8.42 Å². The number of carbonyl (C=O) groups excluding carboxylic acids is 1. The molecule has 3 aromatic carbocycles. The van der Waals surface area contributed by atoms with Crippen LogP contribution in [-0.2, 0) is 9.84 Å². The molecule has 0 N–H and O–H groups in total. The molecule has 0 aliphatic rings. The maximum atomic E-state index is 13.9.